The van der Waals surface area contributed by atoms with E-state index in [0.29, 0.717) is 33.7 Å². The Morgan fingerprint density at radius 1 is 1.05 bits per heavy atom. The van der Waals surface area contributed by atoms with Crippen molar-refractivity contribution >= 4 is 51.7 Å². The van der Waals surface area contributed by atoms with Crippen LogP contribution in [0.2, 0.25) is 0 Å². The summed E-state index contributed by atoms with van der Waals surface area (Å²) in [4.78, 5) is 33.5. The van der Waals surface area contributed by atoms with Gasteiger partial charge in [-0.15, -0.1) is 0 Å². The first-order valence-corrected chi connectivity index (χ1v) is 13.4. The number of amides is 1. The second-order valence-electron chi connectivity index (χ2n) is 8.94. The van der Waals surface area contributed by atoms with Gasteiger partial charge in [-0.25, -0.2) is 4.98 Å². The second-order valence-corrected chi connectivity index (χ2v) is 10.6. The summed E-state index contributed by atoms with van der Waals surface area (Å²) in [5, 5.41) is 13.8. The number of aromatic nitrogens is 2. The largest absolute Gasteiger partial charge is 0.387 e. The Hall–Kier alpha value is -3.79. The fourth-order valence-electron chi connectivity index (χ4n) is 4.27. The summed E-state index contributed by atoms with van der Waals surface area (Å²) in [6.07, 6.45) is 3.08. The van der Waals surface area contributed by atoms with Crippen molar-refractivity contribution in [3.63, 3.8) is 0 Å². The highest BCUT2D eigenvalue weighted by Gasteiger charge is 2.32. The number of aryl methyl sites for hydroxylation is 1. The van der Waals surface area contributed by atoms with Crippen LogP contribution in [0.15, 0.2) is 88.7 Å². The molecule has 192 valence electrons. The summed E-state index contributed by atoms with van der Waals surface area (Å²) < 4.78 is 1.92. The van der Waals surface area contributed by atoms with Gasteiger partial charge in [0, 0.05) is 19.3 Å². The van der Waals surface area contributed by atoms with Crippen molar-refractivity contribution in [2.45, 2.75) is 19.4 Å². The molecule has 2 aromatic carbocycles. The smallest absolute Gasteiger partial charge is 0.267 e. The Bertz CT molecular complexity index is 1590. The van der Waals surface area contributed by atoms with Crippen LogP contribution in [-0.4, -0.2) is 42.7 Å². The standard InChI is InChI=1S/C29H26N4O3S2/c1-19-9-8-15-32-26(19)31-25(30-18-23(34)21-12-6-3-7-13-21)22(27(32)35)17-24-28(36)33(29(37)38-24)16-14-20-10-4-2-5-11-20/h2-13,15,17,23,30,34H,14,16,18H2,1H3. The molecule has 1 saturated heterocycles. The molecule has 0 radical (unpaired) electrons. The maximum Gasteiger partial charge on any atom is 0.267 e. The topological polar surface area (TPSA) is 86.9 Å². The molecule has 4 aromatic rings. The number of hydrogen-bond acceptors (Lipinski definition) is 7. The molecule has 9 heteroatoms. The highest BCUT2D eigenvalue weighted by molar-refractivity contribution is 8.26. The van der Waals surface area contributed by atoms with E-state index in [1.165, 1.54) is 16.2 Å². The number of hydrogen-bond donors (Lipinski definition) is 2. The first-order valence-electron chi connectivity index (χ1n) is 12.2. The van der Waals surface area contributed by atoms with Crippen LogP contribution in [0.1, 0.15) is 28.4 Å². The quantitative estimate of drug-likeness (QED) is 0.249. The zero-order valence-corrected chi connectivity index (χ0v) is 22.3. The van der Waals surface area contributed by atoms with E-state index in [-0.39, 0.29) is 23.6 Å². The van der Waals surface area contributed by atoms with E-state index in [1.54, 1.807) is 23.2 Å². The lowest BCUT2D eigenvalue weighted by molar-refractivity contribution is -0.122. The molecule has 0 saturated carbocycles. The molecule has 1 unspecified atom stereocenters. The summed E-state index contributed by atoms with van der Waals surface area (Å²) in [5.74, 6) is 0.0637. The van der Waals surface area contributed by atoms with Gasteiger partial charge in [-0.2, -0.15) is 0 Å². The molecule has 0 spiro atoms. The lowest BCUT2D eigenvalue weighted by atomic mass is 10.1. The third kappa shape index (κ3) is 5.40. The van der Waals surface area contributed by atoms with Crippen molar-refractivity contribution in [1.82, 2.24) is 14.3 Å². The second kappa shape index (κ2) is 11.3. The minimum absolute atomic E-state index is 0.136. The van der Waals surface area contributed by atoms with Gasteiger partial charge in [0.1, 0.15) is 15.8 Å². The summed E-state index contributed by atoms with van der Waals surface area (Å²) in [7, 11) is 0. The Morgan fingerprint density at radius 2 is 1.76 bits per heavy atom. The zero-order chi connectivity index (χ0) is 26.6. The molecule has 1 fully saturated rings. The van der Waals surface area contributed by atoms with Crippen LogP contribution in [-0.2, 0) is 11.2 Å². The Balaban J connectivity index is 1.47. The molecule has 0 bridgehead atoms. The van der Waals surface area contributed by atoms with Crippen molar-refractivity contribution in [3.05, 3.63) is 117 Å². The van der Waals surface area contributed by atoms with E-state index in [9.17, 15) is 14.7 Å². The molecule has 3 heterocycles. The molecule has 38 heavy (non-hydrogen) atoms. The van der Waals surface area contributed by atoms with Crippen LogP contribution in [0, 0.1) is 6.92 Å². The molecular formula is C29H26N4O3S2. The lowest BCUT2D eigenvalue weighted by Crippen LogP contribution is -2.30. The average Bonchev–Trinajstić information content (AvgIpc) is 3.21. The molecule has 1 atom stereocenters. The van der Waals surface area contributed by atoms with E-state index in [1.807, 2.05) is 73.7 Å². The molecule has 0 aliphatic carbocycles. The van der Waals surface area contributed by atoms with Crippen molar-refractivity contribution in [2.75, 3.05) is 18.4 Å². The van der Waals surface area contributed by atoms with Gasteiger partial charge in [0.25, 0.3) is 11.5 Å². The summed E-state index contributed by atoms with van der Waals surface area (Å²) in [6.45, 7) is 2.47. The number of aliphatic hydroxyl groups is 1. The molecule has 1 aliphatic rings. The van der Waals surface area contributed by atoms with Gasteiger partial charge in [0.2, 0.25) is 0 Å². The number of aliphatic hydroxyl groups excluding tert-OH is 1. The molecule has 1 amide bonds. The Morgan fingerprint density at radius 3 is 2.50 bits per heavy atom. The molecule has 2 aromatic heterocycles. The number of anilines is 1. The molecule has 2 N–H and O–H groups in total. The highest BCUT2D eigenvalue weighted by Crippen LogP contribution is 2.33. The molecular weight excluding hydrogens is 516 g/mol. The van der Waals surface area contributed by atoms with E-state index in [2.05, 4.69) is 5.32 Å². The van der Waals surface area contributed by atoms with E-state index in [0.717, 1.165) is 16.7 Å². The third-order valence-electron chi connectivity index (χ3n) is 6.35. The number of fused-ring (bicyclic) bond motifs is 1. The van der Waals surface area contributed by atoms with Gasteiger partial charge in [0.15, 0.2) is 0 Å². The van der Waals surface area contributed by atoms with Crippen LogP contribution >= 0.6 is 24.0 Å². The molecule has 7 nitrogen and oxygen atoms in total. The number of nitrogens with one attached hydrogen (secondary N) is 1. The summed E-state index contributed by atoms with van der Waals surface area (Å²) in [5.41, 5.74) is 3.11. The number of benzene rings is 2. The van der Waals surface area contributed by atoms with E-state index >= 15 is 0 Å². The number of pyridine rings is 1. The summed E-state index contributed by atoms with van der Waals surface area (Å²) >= 11 is 6.68. The third-order valence-corrected chi connectivity index (χ3v) is 7.73. The number of carbonyl (C=O) groups excluding carboxylic acids is 1. The minimum Gasteiger partial charge on any atom is -0.387 e. The lowest BCUT2D eigenvalue weighted by Gasteiger charge is -2.16. The predicted molar refractivity (Wildman–Crippen MR) is 156 cm³/mol. The van der Waals surface area contributed by atoms with Gasteiger partial charge in [0.05, 0.1) is 16.6 Å². The number of rotatable bonds is 8. The first-order chi connectivity index (χ1) is 18.4. The summed E-state index contributed by atoms with van der Waals surface area (Å²) in [6, 6.07) is 22.8. The van der Waals surface area contributed by atoms with E-state index < -0.39 is 6.10 Å². The van der Waals surface area contributed by atoms with Gasteiger partial charge in [-0.3, -0.25) is 18.9 Å². The van der Waals surface area contributed by atoms with Crippen molar-refractivity contribution in [1.29, 1.82) is 0 Å². The highest BCUT2D eigenvalue weighted by atomic mass is 32.2. The fraction of sp³-hybridized carbons (Fsp3) is 0.172. The number of carbonyl (C=O) groups is 1. The normalized spacial score (nSPS) is 15.4. The van der Waals surface area contributed by atoms with Gasteiger partial charge in [-0.1, -0.05) is 90.7 Å². The van der Waals surface area contributed by atoms with Crippen LogP contribution in [0.25, 0.3) is 11.7 Å². The first kappa shape index (κ1) is 25.8. The monoisotopic (exact) mass is 542 g/mol. The fourth-order valence-corrected chi connectivity index (χ4v) is 5.56. The van der Waals surface area contributed by atoms with Crippen LogP contribution in [0.5, 0.6) is 0 Å². The number of nitrogens with zero attached hydrogens (tertiary/aromatic N) is 3. The van der Waals surface area contributed by atoms with Crippen LogP contribution < -0.4 is 10.9 Å². The number of thioether (sulfide) groups is 1. The Kier molecular flexibility index (Phi) is 7.69. The maximum atomic E-state index is 13.6. The van der Waals surface area contributed by atoms with Crippen molar-refractivity contribution in [2.24, 2.45) is 0 Å². The maximum absolute atomic E-state index is 13.6. The number of thiocarbonyl (C=S) groups is 1. The average molecular weight is 543 g/mol. The van der Waals surface area contributed by atoms with Gasteiger partial charge < -0.3 is 10.4 Å². The Labute approximate surface area is 229 Å². The SMILES string of the molecule is Cc1cccn2c(=O)c(C=C3SC(=S)N(CCc4ccccc4)C3=O)c(NCC(O)c3ccccc3)nc12. The van der Waals surface area contributed by atoms with Crippen molar-refractivity contribution in [3.8, 4) is 0 Å². The van der Waals surface area contributed by atoms with Crippen LogP contribution in [0.4, 0.5) is 5.82 Å². The van der Waals surface area contributed by atoms with Crippen molar-refractivity contribution < 1.29 is 9.90 Å². The van der Waals surface area contributed by atoms with Gasteiger partial charge >= 0.3 is 0 Å². The zero-order valence-electron chi connectivity index (χ0n) is 20.7. The molecule has 5 rings (SSSR count). The van der Waals surface area contributed by atoms with Crippen LogP contribution in [0.3, 0.4) is 0 Å². The minimum atomic E-state index is -0.808. The van der Waals surface area contributed by atoms with E-state index in [4.69, 9.17) is 17.2 Å². The van der Waals surface area contributed by atoms with Gasteiger partial charge in [-0.05, 0) is 42.2 Å². The predicted octanol–water partition coefficient (Wildman–Crippen LogP) is 4.59. The molecule has 1 aliphatic heterocycles.